The van der Waals surface area contributed by atoms with Crippen LogP contribution in [0, 0.1) is 0 Å². The summed E-state index contributed by atoms with van der Waals surface area (Å²) < 4.78 is 0. The highest BCUT2D eigenvalue weighted by atomic mass is 16.3. The van der Waals surface area contributed by atoms with Gasteiger partial charge in [0.2, 0.25) is 17.8 Å². The Bertz CT molecular complexity index is 1310. The van der Waals surface area contributed by atoms with Crippen LogP contribution in [-0.4, -0.2) is 68.4 Å². The van der Waals surface area contributed by atoms with Crippen LogP contribution in [0.2, 0.25) is 0 Å². The molecule has 0 radical (unpaired) electrons. The summed E-state index contributed by atoms with van der Waals surface area (Å²) in [5, 5.41) is 35.7. The van der Waals surface area contributed by atoms with Crippen molar-refractivity contribution >= 4 is 35.1 Å². The maximum atomic E-state index is 12.6. The first-order valence-electron chi connectivity index (χ1n) is 12.8. The van der Waals surface area contributed by atoms with E-state index >= 15 is 0 Å². The molecule has 2 saturated heterocycles. The van der Waals surface area contributed by atoms with Crippen molar-refractivity contribution < 1.29 is 20.1 Å². The molecule has 2 aromatic carbocycles. The van der Waals surface area contributed by atoms with Crippen LogP contribution < -0.4 is 26.2 Å². The fourth-order valence-electron chi connectivity index (χ4n) is 4.86. The lowest BCUT2D eigenvalue weighted by atomic mass is 10.1. The molecule has 3 aromatic rings. The number of phenolic OH excluding ortho intramolecular Hbond substituents is 3. The van der Waals surface area contributed by atoms with Crippen molar-refractivity contribution in [2.75, 3.05) is 46.6 Å². The number of piperidine rings is 1. The van der Waals surface area contributed by atoms with E-state index in [4.69, 9.17) is 10.7 Å². The van der Waals surface area contributed by atoms with Crippen LogP contribution in [0.1, 0.15) is 42.5 Å². The molecule has 1 amide bonds. The number of benzene rings is 2. The van der Waals surface area contributed by atoms with Gasteiger partial charge in [-0.1, -0.05) is 0 Å². The van der Waals surface area contributed by atoms with Crippen LogP contribution in [0.3, 0.4) is 0 Å². The quantitative estimate of drug-likeness (QED) is 0.253. The number of amides is 1. The van der Waals surface area contributed by atoms with Crippen molar-refractivity contribution in [2.45, 2.75) is 38.1 Å². The Hall–Kier alpha value is -4.32. The zero-order chi connectivity index (χ0) is 26.6. The molecule has 5 rings (SSSR count). The summed E-state index contributed by atoms with van der Waals surface area (Å²) in [4.78, 5) is 31.0. The van der Waals surface area contributed by atoms with E-state index in [9.17, 15) is 20.1 Å². The smallest absolute Gasteiger partial charge is 0.259 e. The van der Waals surface area contributed by atoms with Crippen LogP contribution in [0.4, 0.5) is 29.2 Å². The lowest BCUT2D eigenvalue weighted by Crippen LogP contribution is -2.37. The molecule has 1 atom stereocenters. The molecule has 1 aromatic heterocycles. The van der Waals surface area contributed by atoms with Gasteiger partial charge < -0.3 is 41.5 Å². The second kappa shape index (κ2) is 11.0. The van der Waals surface area contributed by atoms with Crippen molar-refractivity contribution in [3.63, 3.8) is 0 Å². The predicted octanol–water partition coefficient (Wildman–Crippen LogP) is 2.90. The van der Waals surface area contributed by atoms with E-state index < -0.39 is 5.91 Å². The molecule has 7 N–H and O–H groups in total. The number of nitrogens with one attached hydrogen (secondary N) is 2. The molecule has 3 heterocycles. The maximum Gasteiger partial charge on any atom is 0.259 e. The molecule has 0 bridgehead atoms. The minimum atomic E-state index is -0.633. The summed E-state index contributed by atoms with van der Waals surface area (Å²) in [6.45, 7) is 3.12. The number of aromatic nitrogens is 3. The first-order valence-corrected chi connectivity index (χ1v) is 12.8. The Balaban J connectivity index is 1.37. The molecule has 12 heteroatoms. The van der Waals surface area contributed by atoms with Crippen molar-refractivity contribution in [2.24, 2.45) is 5.73 Å². The Morgan fingerprint density at radius 1 is 0.921 bits per heavy atom. The van der Waals surface area contributed by atoms with Gasteiger partial charge in [0.25, 0.3) is 5.91 Å². The minimum absolute atomic E-state index is 0.0370. The lowest BCUT2D eigenvalue weighted by molar-refractivity contribution is 0.102. The summed E-state index contributed by atoms with van der Waals surface area (Å²) in [5.41, 5.74) is 6.64. The number of rotatable bonds is 7. The molecule has 2 aliphatic heterocycles. The van der Waals surface area contributed by atoms with Gasteiger partial charge in [-0.2, -0.15) is 15.0 Å². The predicted molar refractivity (Wildman–Crippen MR) is 144 cm³/mol. The van der Waals surface area contributed by atoms with Gasteiger partial charge in [0.05, 0.1) is 11.3 Å². The molecular weight excluding hydrogens is 488 g/mol. The van der Waals surface area contributed by atoms with E-state index in [-0.39, 0.29) is 34.5 Å². The molecule has 38 heavy (non-hydrogen) atoms. The van der Waals surface area contributed by atoms with Crippen LogP contribution in [0.5, 0.6) is 17.2 Å². The average Bonchev–Trinajstić information content (AvgIpc) is 3.40. The van der Waals surface area contributed by atoms with Gasteiger partial charge >= 0.3 is 0 Å². The van der Waals surface area contributed by atoms with Crippen LogP contribution in [0.15, 0.2) is 36.4 Å². The summed E-state index contributed by atoms with van der Waals surface area (Å²) in [7, 11) is 0. The number of anilines is 5. The number of hydrogen-bond acceptors (Lipinski definition) is 11. The van der Waals surface area contributed by atoms with Crippen LogP contribution in [0.25, 0.3) is 0 Å². The highest BCUT2D eigenvalue weighted by molar-refractivity contribution is 6.07. The second-order valence-corrected chi connectivity index (χ2v) is 9.54. The summed E-state index contributed by atoms with van der Waals surface area (Å²) in [5.74, 6) is 0.195. The first-order chi connectivity index (χ1) is 18.4. The van der Waals surface area contributed by atoms with Crippen molar-refractivity contribution in [3.05, 3.63) is 42.0 Å². The monoisotopic (exact) mass is 520 g/mol. The molecule has 0 aliphatic carbocycles. The van der Waals surface area contributed by atoms with E-state index in [1.807, 2.05) is 0 Å². The van der Waals surface area contributed by atoms with Crippen molar-refractivity contribution in [3.8, 4) is 17.2 Å². The van der Waals surface area contributed by atoms with Gasteiger partial charge in [0, 0.05) is 50.0 Å². The number of nitrogens with zero attached hydrogens (tertiary/aromatic N) is 5. The normalized spacial score (nSPS) is 17.4. The Kier molecular flexibility index (Phi) is 7.31. The number of carbonyl (C=O) groups excluding carboxylic acids is 1. The van der Waals surface area contributed by atoms with E-state index in [0.717, 1.165) is 51.4 Å². The number of aromatic hydroxyl groups is 3. The molecule has 0 unspecified atom stereocenters. The highest BCUT2D eigenvalue weighted by Gasteiger charge is 2.27. The van der Waals surface area contributed by atoms with E-state index in [1.165, 1.54) is 30.7 Å². The van der Waals surface area contributed by atoms with Crippen molar-refractivity contribution in [1.82, 2.24) is 15.0 Å². The molecular formula is C26H32N8O4. The fraction of sp³-hybridized carbons (Fsp3) is 0.385. The summed E-state index contributed by atoms with van der Waals surface area (Å²) >= 11 is 0. The third kappa shape index (κ3) is 5.49. The zero-order valence-electron chi connectivity index (χ0n) is 21.0. The minimum Gasteiger partial charge on any atom is -0.508 e. The Morgan fingerprint density at radius 3 is 2.45 bits per heavy atom. The van der Waals surface area contributed by atoms with Crippen LogP contribution >= 0.6 is 0 Å². The molecule has 12 nitrogen and oxygen atoms in total. The number of hydrogen-bond donors (Lipinski definition) is 6. The van der Waals surface area contributed by atoms with Gasteiger partial charge in [-0.05, 0) is 56.4 Å². The molecule has 2 fully saturated rings. The summed E-state index contributed by atoms with van der Waals surface area (Å²) in [6.07, 6.45) is 5.38. The maximum absolute atomic E-state index is 12.6. The topological polar surface area (TPSA) is 173 Å². The second-order valence-electron chi connectivity index (χ2n) is 9.54. The average molecular weight is 521 g/mol. The third-order valence-electron chi connectivity index (χ3n) is 6.88. The first kappa shape index (κ1) is 25.3. The van der Waals surface area contributed by atoms with Gasteiger partial charge in [-0.15, -0.1) is 0 Å². The highest BCUT2D eigenvalue weighted by Crippen LogP contribution is 2.31. The lowest BCUT2D eigenvalue weighted by Gasteiger charge is -2.29. The SMILES string of the molecule is NC[C@@H]1CCCN1c1nc(Nc2ccc(NC(=O)c3ccc(O)cc3O)c(O)c2)nc(N2CCCCC2)n1. The molecule has 0 spiro atoms. The fourth-order valence-corrected chi connectivity index (χ4v) is 4.86. The number of nitrogens with two attached hydrogens (primary N) is 1. The standard InChI is InChI=1S/C26H32N8O4/c27-15-17-5-4-12-34(17)26-31-24(30-25(32-26)33-10-2-1-3-11-33)28-16-6-9-20(22(37)13-16)29-23(38)19-8-7-18(35)14-21(19)36/h6-9,13-14,17,35-37H,1-5,10-12,15,27H2,(H,29,38)(H,28,30,31,32)/t17-/m0/s1. The van der Waals surface area contributed by atoms with Gasteiger partial charge in [0.15, 0.2) is 0 Å². The van der Waals surface area contributed by atoms with Gasteiger partial charge in [-0.25, -0.2) is 0 Å². The van der Waals surface area contributed by atoms with Gasteiger partial charge in [-0.3, -0.25) is 4.79 Å². The van der Waals surface area contributed by atoms with Crippen LogP contribution in [-0.2, 0) is 0 Å². The van der Waals surface area contributed by atoms with Crippen molar-refractivity contribution in [1.29, 1.82) is 0 Å². The largest absolute Gasteiger partial charge is 0.508 e. The summed E-state index contributed by atoms with van der Waals surface area (Å²) in [6, 6.07) is 8.50. The molecule has 2 aliphatic rings. The van der Waals surface area contributed by atoms with E-state index in [0.29, 0.717) is 30.1 Å². The van der Waals surface area contributed by atoms with E-state index in [2.05, 4.69) is 30.4 Å². The number of phenols is 3. The van der Waals surface area contributed by atoms with Gasteiger partial charge in [0.1, 0.15) is 17.2 Å². The third-order valence-corrected chi connectivity index (χ3v) is 6.88. The molecule has 0 saturated carbocycles. The van der Waals surface area contributed by atoms with E-state index in [1.54, 1.807) is 6.07 Å². The zero-order valence-corrected chi connectivity index (χ0v) is 21.0. The Labute approximate surface area is 220 Å². The number of carbonyl (C=O) groups is 1. The molecule has 200 valence electrons. The Morgan fingerprint density at radius 2 is 1.71 bits per heavy atom.